The minimum atomic E-state index is 0.312. The number of aliphatic imine (C=N–C) groups is 1. The number of nitrogens with one attached hydrogen (secondary N) is 3. The fourth-order valence-corrected chi connectivity index (χ4v) is 3.47. The van der Waals surface area contributed by atoms with Crippen molar-refractivity contribution in [2.24, 2.45) is 4.99 Å². The monoisotopic (exact) mass is 378 g/mol. The van der Waals surface area contributed by atoms with Gasteiger partial charge >= 0.3 is 0 Å². The number of guanidine groups is 1. The Morgan fingerprint density at radius 1 is 1.04 bits per heavy atom. The SMILES string of the molecule is CN=C(NCCCc1c[nH]c2ccccc12)NCCc1ccc2c(c1)OCO2. The van der Waals surface area contributed by atoms with Crippen LogP contribution in [0, 0.1) is 0 Å². The van der Waals surface area contributed by atoms with Gasteiger partial charge in [0, 0.05) is 37.2 Å². The fourth-order valence-electron chi connectivity index (χ4n) is 3.47. The Bertz CT molecular complexity index is 964. The molecule has 0 aliphatic carbocycles. The van der Waals surface area contributed by atoms with E-state index >= 15 is 0 Å². The van der Waals surface area contributed by atoms with Crippen molar-refractivity contribution in [3.05, 3.63) is 59.8 Å². The number of rotatable bonds is 7. The van der Waals surface area contributed by atoms with E-state index in [9.17, 15) is 0 Å². The number of nitrogens with zero attached hydrogens (tertiary/aromatic N) is 1. The van der Waals surface area contributed by atoms with Crippen molar-refractivity contribution in [3.8, 4) is 11.5 Å². The van der Waals surface area contributed by atoms with E-state index < -0.39 is 0 Å². The molecule has 0 amide bonds. The van der Waals surface area contributed by atoms with E-state index in [0.717, 1.165) is 49.8 Å². The van der Waals surface area contributed by atoms with Crippen LogP contribution in [0.25, 0.3) is 10.9 Å². The van der Waals surface area contributed by atoms with E-state index in [1.807, 2.05) is 12.1 Å². The molecule has 0 atom stereocenters. The standard InChI is InChI=1S/C22H26N4O2/c1-23-22(25-12-10-16-8-9-20-21(13-16)28-15-27-20)24-11-4-5-17-14-26-19-7-3-2-6-18(17)19/h2-3,6-9,13-14,26H,4-5,10-12,15H2,1H3,(H2,23,24,25). The molecule has 2 heterocycles. The Morgan fingerprint density at radius 3 is 2.82 bits per heavy atom. The van der Waals surface area contributed by atoms with Gasteiger partial charge in [0.2, 0.25) is 6.79 Å². The van der Waals surface area contributed by atoms with Gasteiger partial charge in [-0.05, 0) is 48.6 Å². The highest BCUT2D eigenvalue weighted by Crippen LogP contribution is 2.32. The van der Waals surface area contributed by atoms with Crippen molar-refractivity contribution in [2.75, 3.05) is 26.9 Å². The second-order valence-corrected chi connectivity index (χ2v) is 6.83. The second kappa shape index (κ2) is 8.69. The lowest BCUT2D eigenvalue weighted by molar-refractivity contribution is 0.174. The minimum Gasteiger partial charge on any atom is -0.454 e. The summed E-state index contributed by atoms with van der Waals surface area (Å²) in [5, 5.41) is 8.08. The summed E-state index contributed by atoms with van der Waals surface area (Å²) in [6.45, 7) is 2.00. The van der Waals surface area contributed by atoms with Crippen molar-refractivity contribution in [3.63, 3.8) is 0 Å². The summed E-state index contributed by atoms with van der Waals surface area (Å²) in [7, 11) is 1.80. The normalized spacial score (nSPS) is 13.1. The van der Waals surface area contributed by atoms with E-state index in [0.29, 0.717) is 6.79 Å². The van der Waals surface area contributed by atoms with Gasteiger partial charge in [0.1, 0.15) is 0 Å². The maximum Gasteiger partial charge on any atom is 0.231 e. The third kappa shape index (κ3) is 4.22. The molecule has 0 fully saturated rings. The molecule has 0 saturated heterocycles. The molecule has 2 aromatic carbocycles. The van der Waals surface area contributed by atoms with Crippen LogP contribution in [0.3, 0.4) is 0 Å². The van der Waals surface area contributed by atoms with Crippen LogP contribution in [-0.4, -0.2) is 37.9 Å². The van der Waals surface area contributed by atoms with Crippen molar-refractivity contribution < 1.29 is 9.47 Å². The molecule has 0 saturated carbocycles. The number of H-pyrrole nitrogens is 1. The highest BCUT2D eigenvalue weighted by molar-refractivity contribution is 5.83. The summed E-state index contributed by atoms with van der Waals surface area (Å²) in [5.41, 5.74) is 3.78. The second-order valence-electron chi connectivity index (χ2n) is 6.83. The topological polar surface area (TPSA) is 70.7 Å². The van der Waals surface area contributed by atoms with Gasteiger partial charge in [-0.25, -0.2) is 0 Å². The first kappa shape index (κ1) is 18.2. The van der Waals surface area contributed by atoms with E-state index in [-0.39, 0.29) is 0 Å². The maximum absolute atomic E-state index is 5.43. The number of hydrogen-bond acceptors (Lipinski definition) is 3. The zero-order valence-corrected chi connectivity index (χ0v) is 16.1. The van der Waals surface area contributed by atoms with Gasteiger partial charge in [-0.15, -0.1) is 0 Å². The quantitative estimate of drug-likeness (QED) is 0.335. The van der Waals surface area contributed by atoms with Gasteiger partial charge in [-0.1, -0.05) is 24.3 Å². The average Bonchev–Trinajstić information content (AvgIpc) is 3.36. The van der Waals surface area contributed by atoms with Crippen LogP contribution in [0.15, 0.2) is 53.7 Å². The summed E-state index contributed by atoms with van der Waals surface area (Å²) in [6, 6.07) is 14.5. The van der Waals surface area contributed by atoms with Crippen LogP contribution in [0.2, 0.25) is 0 Å². The average molecular weight is 378 g/mol. The van der Waals surface area contributed by atoms with Crippen molar-refractivity contribution >= 4 is 16.9 Å². The largest absolute Gasteiger partial charge is 0.454 e. The Labute approximate surface area is 165 Å². The highest BCUT2D eigenvalue weighted by atomic mass is 16.7. The molecular formula is C22H26N4O2. The lowest BCUT2D eigenvalue weighted by Crippen LogP contribution is -2.38. The summed E-state index contributed by atoms with van der Waals surface area (Å²) in [4.78, 5) is 7.64. The molecule has 0 spiro atoms. The molecule has 0 bridgehead atoms. The molecule has 1 aromatic heterocycles. The van der Waals surface area contributed by atoms with Gasteiger partial charge in [-0.3, -0.25) is 4.99 Å². The molecule has 28 heavy (non-hydrogen) atoms. The Hall–Kier alpha value is -3.15. The number of para-hydroxylation sites is 1. The molecule has 3 aromatic rings. The zero-order chi connectivity index (χ0) is 19.2. The van der Waals surface area contributed by atoms with Crippen LogP contribution < -0.4 is 20.1 Å². The Morgan fingerprint density at radius 2 is 1.89 bits per heavy atom. The van der Waals surface area contributed by atoms with Crippen molar-refractivity contribution in [1.29, 1.82) is 0 Å². The first-order valence-corrected chi connectivity index (χ1v) is 9.71. The van der Waals surface area contributed by atoms with E-state index in [1.165, 1.54) is 22.0 Å². The molecule has 6 nitrogen and oxygen atoms in total. The highest BCUT2D eigenvalue weighted by Gasteiger charge is 2.13. The Balaban J connectivity index is 1.19. The molecular weight excluding hydrogens is 352 g/mol. The molecule has 1 aliphatic heterocycles. The van der Waals surface area contributed by atoms with Gasteiger partial charge in [0.15, 0.2) is 17.5 Å². The van der Waals surface area contributed by atoms with Crippen molar-refractivity contribution in [2.45, 2.75) is 19.3 Å². The number of fused-ring (bicyclic) bond motifs is 2. The summed E-state index contributed by atoms with van der Waals surface area (Å²) >= 11 is 0. The third-order valence-electron chi connectivity index (χ3n) is 4.96. The number of ether oxygens (including phenoxy) is 2. The lowest BCUT2D eigenvalue weighted by atomic mass is 10.1. The molecule has 0 radical (unpaired) electrons. The van der Waals surface area contributed by atoms with Crippen LogP contribution in [0.4, 0.5) is 0 Å². The van der Waals surface area contributed by atoms with Crippen LogP contribution in [0.1, 0.15) is 17.5 Å². The summed E-state index contributed by atoms with van der Waals surface area (Å²) in [6.07, 6.45) is 5.09. The predicted molar refractivity (Wildman–Crippen MR) is 112 cm³/mol. The van der Waals surface area contributed by atoms with Crippen LogP contribution in [0.5, 0.6) is 11.5 Å². The predicted octanol–water partition coefficient (Wildman–Crippen LogP) is 3.24. The molecule has 3 N–H and O–H groups in total. The smallest absolute Gasteiger partial charge is 0.231 e. The molecule has 0 unspecified atom stereocenters. The van der Waals surface area contributed by atoms with E-state index in [1.54, 1.807) is 7.05 Å². The minimum absolute atomic E-state index is 0.312. The molecule has 6 heteroatoms. The zero-order valence-electron chi connectivity index (χ0n) is 16.1. The van der Waals surface area contributed by atoms with Gasteiger partial charge in [0.25, 0.3) is 0 Å². The Kier molecular flexibility index (Phi) is 5.66. The molecule has 146 valence electrons. The number of aromatic nitrogens is 1. The fraction of sp³-hybridized carbons (Fsp3) is 0.318. The lowest BCUT2D eigenvalue weighted by Gasteiger charge is -2.12. The number of aromatic amines is 1. The van der Waals surface area contributed by atoms with Gasteiger partial charge in [-0.2, -0.15) is 0 Å². The number of aryl methyl sites for hydroxylation is 1. The number of benzene rings is 2. The first-order valence-electron chi connectivity index (χ1n) is 9.71. The van der Waals surface area contributed by atoms with Crippen LogP contribution in [-0.2, 0) is 12.8 Å². The van der Waals surface area contributed by atoms with E-state index in [2.05, 4.69) is 57.1 Å². The summed E-state index contributed by atoms with van der Waals surface area (Å²) in [5.74, 6) is 2.49. The summed E-state index contributed by atoms with van der Waals surface area (Å²) < 4.78 is 10.8. The maximum atomic E-state index is 5.43. The number of hydrogen-bond donors (Lipinski definition) is 3. The van der Waals surface area contributed by atoms with Crippen molar-refractivity contribution in [1.82, 2.24) is 15.6 Å². The molecule has 1 aliphatic rings. The van der Waals surface area contributed by atoms with Gasteiger partial charge < -0.3 is 25.1 Å². The first-order chi connectivity index (χ1) is 13.8. The van der Waals surface area contributed by atoms with Crippen LogP contribution >= 0.6 is 0 Å². The van der Waals surface area contributed by atoms with E-state index in [4.69, 9.17) is 9.47 Å². The molecule has 4 rings (SSSR count). The third-order valence-corrected chi connectivity index (χ3v) is 4.96. The van der Waals surface area contributed by atoms with Gasteiger partial charge in [0.05, 0.1) is 0 Å².